The Bertz CT molecular complexity index is 815. The molecular weight excluding hydrogens is 353 g/mol. The van der Waals surface area contributed by atoms with Crippen LogP contribution in [0.4, 0.5) is 10.2 Å². The zero-order chi connectivity index (χ0) is 18.6. The Morgan fingerprint density at radius 3 is 2.67 bits per heavy atom. The molecule has 2 aliphatic rings. The van der Waals surface area contributed by atoms with E-state index in [9.17, 15) is 9.18 Å². The average molecular weight is 373 g/mol. The smallest absolute Gasteiger partial charge is 0.254 e. The van der Waals surface area contributed by atoms with Gasteiger partial charge in [-0.2, -0.15) is 4.39 Å². The monoisotopic (exact) mass is 373 g/mol. The van der Waals surface area contributed by atoms with Crippen molar-refractivity contribution in [3.05, 3.63) is 47.9 Å². The van der Waals surface area contributed by atoms with Gasteiger partial charge in [-0.15, -0.1) is 0 Å². The molecule has 1 amide bonds. The van der Waals surface area contributed by atoms with Crippen LogP contribution in [-0.4, -0.2) is 71.8 Å². The summed E-state index contributed by atoms with van der Waals surface area (Å²) in [6.45, 7) is 3.94. The standard InChI is InChI=1S/C18H20FN5O3/c19-15-11-13(1-3-20-15)18(25)24-7-10-27-12-14(24)17-21-4-2-16(22-17)23-5-8-26-9-6-23/h1-4,11,14H,5-10,12H2. The molecule has 1 atom stereocenters. The first kappa shape index (κ1) is 17.7. The zero-order valence-corrected chi connectivity index (χ0v) is 14.8. The van der Waals surface area contributed by atoms with E-state index in [1.54, 1.807) is 11.1 Å². The highest BCUT2D eigenvalue weighted by Gasteiger charge is 2.32. The van der Waals surface area contributed by atoms with Crippen molar-refractivity contribution in [2.45, 2.75) is 6.04 Å². The summed E-state index contributed by atoms with van der Waals surface area (Å²) in [5, 5.41) is 0. The number of ether oxygens (including phenoxy) is 2. The van der Waals surface area contributed by atoms with Crippen LogP contribution in [0.15, 0.2) is 30.6 Å². The SMILES string of the molecule is O=C(c1ccnc(F)c1)N1CCOCC1c1nccc(N2CCOCC2)n1. The molecule has 0 radical (unpaired) electrons. The van der Waals surface area contributed by atoms with Crippen LogP contribution in [0.25, 0.3) is 0 Å². The number of amides is 1. The maximum absolute atomic E-state index is 13.4. The van der Waals surface area contributed by atoms with Crippen molar-refractivity contribution in [3.8, 4) is 0 Å². The Morgan fingerprint density at radius 1 is 1.07 bits per heavy atom. The number of halogens is 1. The predicted octanol–water partition coefficient (Wildman–Crippen LogP) is 1.06. The van der Waals surface area contributed by atoms with Crippen LogP contribution in [0.2, 0.25) is 0 Å². The molecule has 9 heteroatoms. The molecule has 8 nitrogen and oxygen atoms in total. The third kappa shape index (κ3) is 3.88. The second-order valence-corrected chi connectivity index (χ2v) is 6.33. The van der Waals surface area contributed by atoms with E-state index >= 15 is 0 Å². The van der Waals surface area contributed by atoms with Crippen LogP contribution in [0, 0.1) is 5.95 Å². The summed E-state index contributed by atoms with van der Waals surface area (Å²) in [7, 11) is 0. The van der Waals surface area contributed by atoms with Crippen molar-refractivity contribution >= 4 is 11.7 Å². The highest BCUT2D eigenvalue weighted by Crippen LogP contribution is 2.25. The third-order valence-electron chi connectivity index (χ3n) is 4.66. The second kappa shape index (κ2) is 7.93. The van der Waals surface area contributed by atoms with Gasteiger partial charge in [-0.3, -0.25) is 4.79 Å². The van der Waals surface area contributed by atoms with E-state index in [1.807, 2.05) is 6.07 Å². The lowest BCUT2D eigenvalue weighted by Gasteiger charge is -2.35. The molecule has 142 valence electrons. The maximum atomic E-state index is 13.4. The van der Waals surface area contributed by atoms with Crippen molar-refractivity contribution < 1.29 is 18.7 Å². The first-order chi connectivity index (χ1) is 13.2. The minimum atomic E-state index is -0.684. The van der Waals surface area contributed by atoms with E-state index in [-0.39, 0.29) is 11.5 Å². The summed E-state index contributed by atoms with van der Waals surface area (Å²) in [5.74, 6) is 0.346. The molecule has 2 saturated heterocycles. The number of pyridine rings is 1. The van der Waals surface area contributed by atoms with E-state index in [4.69, 9.17) is 9.47 Å². The van der Waals surface area contributed by atoms with Gasteiger partial charge in [-0.1, -0.05) is 0 Å². The average Bonchev–Trinajstić information content (AvgIpc) is 2.74. The van der Waals surface area contributed by atoms with E-state index in [0.29, 0.717) is 38.8 Å². The number of hydrogen-bond donors (Lipinski definition) is 0. The topological polar surface area (TPSA) is 80.7 Å². The summed E-state index contributed by atoms with van der Waals surface area (Å²) in [6, 6.07) is 4.06. The van der Waals surface area contributed by atoms with Gasteiger partial charge in [0.2, 0.25) is 5.95 Å². The summed E-state index contributed by atoms with van der Waals surface area (Å²) >= 11 is 0. The maximum Gasteiger partial charge on any atom is 0.254 e. The third-order valence-corrected chi connectivity index (χ3v) is 4.66. The lowest BCUT2D eigenvalue weighted by molar-refractivity contribution is -0.00524. The van der Waals surface area contributed by atoms with Crippen LogP contribution in [0.1, 0.15) is 22.2 Å². The van der Waals surface area contributed by atoms with Crippen LogP contribution in [-0.2, 0) is 9.47 Å². The molecule has 2 aliphatic heterocycles. The van der Waals surface area contributed by atoms with Gasteiger partial charge in [-0.05, 0) is 12.1 Å². The number of anilines is 1. The van der Waals surface area contributed by atoms with Crippen molar-refractivity contribution in [2.24, 2.45) is 0 Å². The molecule has 0 N–H and O–H groups in total. The highest BCUT2D eigenvalue weighted by molar-refractivity contribution is 5.94. The van der Waals surface area contributed by atoms with Gasteiger partial charge in [0.05, 0.1) is 26.4 Å². The number of morpholine rings is 2. The minimum Gasteiger partial charge on any atom is -0.378 e. The summed E-state index contributed by atoms with van der Waals surface area (Å²) in [6.07, 6.45) is 2.98. The van der Waals surface area contributed by atoms with Gasteiger partial charge in [0, 0.05) is 43.7 Å². The Hall–Kier alpha value is -2.65. The second-order valence-electron chi connectivity index (χ2n) is 6.33. The van der Waals surface area contributed by atoms with E-state index in [0.717, 1.165) is 25.0 Å². The quantitative estimate of drug-likeness (QED) is 0.744. The Labute approximate surface area is 155 Å². The molecule has 0 aliphatic carbocycles. The fourth-order valence-electron chi connectivity index (χ4n) is 3.25. The Kier molecular flexibility index (Phi) is 5.21. The number of carbonyl (C=O) groups excluding carboxylic acids is 1. The molecule has 4 rings (SSSR count). The van der Waals surface area contributed by atoms with Crippen molar-refractivity contribution in [2.75, 3.05) is 51.0 Å². The predicted molar refractivity (Wildman–Crippen MR) is 93.9 cm³/mol. The van der Waals surface area contributed by atoms with Gasteiger partial charge < -0.3 is 19.3 Å². The first-order valence-electron chi connectivity index (χ1n) is 8.88. The van der Waals surface area contributed by atoms with Crippen LogP contribution in [0.3, 0.4) is 0 Å². The van der Waals surface area contributed by atoms with Crippen LogP contribution < -0.4 is 4.90 Å². The van der Waals surface area contributed by atoms with Crippen molar-refractivity contribution in [1.82, 2.24) is 19.9 Å². The van der Waals surface area contributed by atoms with E-state index in [1.165, 1.54) is 12.3 Å². The molecule has 4 heterocycles. The molecule has 1 unspecified atom stereocenters. The Morgan fingerprint density at radius 2 is 1.85 bits per heavy atom. The van der Waals surface area contributed by atoms with Crippen molar-refractivity contribution in [1.29, 1.82) is 0 Å². The summed E-state index contributed by atoms with van der Waals surface area (Å²) in [4.78, 5) is 29.2. The summed E-state index contributed by atoms with van der Waals surface area (Å²) < 4.78 is 24.4. The van der Waals surface area contributed by atoms with Crippen LogP contribution in [0.5, 0.6) is 0 Å². The normalized spacial score (nSPS) is 20.6. The van der Waals surface area contributed by atoms with E-state index in [2.05, 4.69) is 19.9 Å². The number of hydrogen-bond acceptors (Lipinski definition) is 7. The fourth-order valence-corrected chi connectivity index (χ4v) is 3.25. The highest BCUT2D eigenvalue weighted by atomic mass is 19.1. The lowest BCUT2D eigenvalue weighted by Crippen LogP contribution is -2.44. The summed E-state index contributed by atoms with van der Waals surface area (Å²) in [5.41, 5.74) is 0.249. The molecule has 27 heavy (non-hydrogen) atoms. The molecule has 0 saturated carbocycles. The number of aromatic nitrogens is 3. The van der Waals surface area contributed by atoms with Crippen LogP contribution >= 0.6 is 0 Å². The van der Waals surface area contributed by atoms with Gasteiger partial charge in [0.25, 0.3) is 5.91 Å². The zero-order valence-electron chi connectivity index (χ0n) is 14.8. The lowest BCUT2D eigenvalue weighted by atomic mass is 10.1. The largest absolute Gasteiger partial charge is 0.378 e. The molecule has 0 bridgehead atoms. The fraction of sp³-hybridized carbons (Fsp3) is 0.444. The van der Waals surface area contributed by atoms with Gasteiger partial charge in [0.15, 0.2) is 5.82 Å². The first-order valence-corrected chi connectivity index (χ1v) is 8.88. The Balaban J connectivity index is 1.60. The number of nitrogens with zero attached hydrogens (tertiary/aromatic N) is 5. The minimum absolute atomic E-state index is 0.249. The van der Waals surface area contributed by atoms with Gasteiger partial charge >= 0.3 is 0 Å². The molecule has 0 spiro atoms. The number of rotatable bonds is 3. The van der Waals surface area contributed by atoms with Gasteiger partial charge in [0.1, 0.15) is 11.9 Å². The van der Waals surface area contributed by atoms with Crippen molar-refractivity contribution in [3.63, 3.8) is 0 Å². The molecule has 2 aromatic heterocycles. The molecule has 2 aromatic rings. The van der Waals surface area contributed by atoms with Gasteiger partial charge in [-0.25, -0.2) is 15.0 Å². The molecule has 0 aromatic carbocycles. The van der Waals surface area contributed by atoms with E-state index < -0.39 is 12.0 Å². The molecular formula is C18H20FN5O3. The number of carbonyl (C=O) groups is 1. The molecule has 2 fully saturated rings.